The molecule has 6 heteroatoms. The van der Waals surface area contributed by atoms with E-state index < -0.39 is 11.7 Å². The highest BCUT2D eigenvalue weighted by Crippen LogP contribution is 2.32. The van der Waals surface area contributed by atoms with Gasteiger partial charge in [-0.15, -0.1) is 0 Å². The monoisotopic (exact) mass is 416 g/mol. The van der Waals surface area contributed by atoms with Crippen molar-refractivity contribution in [3.05, 3.63) is 27.3 Å². The lowest BCUT2D eigenvalue weighted by molar-refractivity contribution is -0.116. The summed E-state index contributed by atoms with van der Waals surface area (Å²) in [5.41, 5.74) is 1.38. The summed E-state index contributed by atoms with van der Waals surface area (Å²) in [6.45, 7) is 5.95. The molecule has 1 aromatic carbocycles. The first-order chi connectivity index (χ1) is 10.2. The van der Waals surface area contributed by atoms with E-state index >= 15 is 0 Å². The van der Waals surface area contributed by atoms with Crippen molar-refractivity contribution in [2.75, 3.05) is 11.9 Å². The zero-order valence-corrected chi connectivity index (χ0v) is 15.2. The number of halogens is 1. The fourth-order valence-electron chi connectivity index (χ4n) is 2.39. The number of benzene rings is 1. The van der Waals surface area contributed by atoms with Crippen molar-refractivity contribution < 1.29 is 14.3 Å². The molecule has 0 saturated carbocycles. The summed E-state index contributed by atoms with van der Waals surface area (Å²) in [4.78, 5) is 23.6. The van der Waals surface area contributed by atoms with Crippen LogP contribution < -0.4 is 10.6 Å². The number of carbonyl (C=O) groups is 2. The number of fused-ring (bicyclic) bond motifs is 1. The molecule has 0 aliphatic carbocycles. The molecule has 2 rings (SSSR count). The normalized spacial score (nSPS) is 18.0. The summed E-state index contributed by atoms with van der Waals surface area (Å²) < 4.78 is 6.37. The molecule has 1 unspecified atom stereocenters. The highest BCUT2D eigenvalue weighted by atomic mass is 127. The van der Waals surface area contributed by atoms with E-state index in [1.54, 1.807) is 0 Å². The number of hydrogen-bond donors (Lipinski definition) is 2. The minimum absolute atomic E-state index is 0.0160. The van der Waals surface area contributed by atoms with Crippen LogP contribution in [0.4, 0.5) is 10.5 Å². The maximum absolute atomic E-state index is 11.8. The van der Waals surface area contributed by atoms with Crippen LogP contribution in [-0.2, 0) is 9.53 Å². The summed E-state index contributed by atoms with van der Waals surface area (Å²) in [5, 5.41) is 5.73. The largest absolute Gasteiger partial charge is 0.444 e. The molecule has 0 fully saturated rings. The van der Waals surface area contributed by atoms with Gasteiger partial charge in [0.15, 0.2) is 0 Å². The van der Waals surface area contributed by atoms with Gasteiger partial charge in [-0.3, -0.25) is 4.79 Å². The minimum atomic E-state index is -0.516. The molecular formula is C16H21IN2O3. The Bertz CT molecular complexity index is 581. The van der Waals surface area contributed by atoms with Gasteiger partial charge in [0, 0.05) is 28.1 Å². The Hall–Kier alpha value is -1.31. The van der Waals surface area contributed by atoms with Crippen LogP contribution in [0, 0.1) is 3.57 Å². The molecular weight excluding hydrogens is 395 g/mol. The molecule has 5 nitrogen and oxygen atoms in total. The third-order valence-electron chi connectivity index (χ3n) is 3.34. The van der Waals surface area contributed by atoms with Gasteiger partial charge in [0.1, 0.15) is 5.60 Å². The lowest BCUT2D eigenvalue weighted by atomic mass is 9.94. The second kappa shape index (κ2) is 6.85. The first-order valence-electron chi connectivity index (χ1n) is 7.31. The van der Waals surface area contributed by atoms with Crippen LogP contribution in [0.1, 0.15) is 45.1 Å². The third kappa shape index (κ3) is 4.86. The molecule has 1 heterocycles. The van der Waals surface area contributed by atoms with Crippen molar-refractivity contribution in [3.63, 3.8) is 0 Å². The first kappa shape index (κ1) is 17.1. The lowest BCUT2D eigenvalue weighted by Gasteiger charge is -2.22. The predicted molar refractivity (Wildman–Crippen MR) is 94.0 cm³/mol. The summed E-state index contributed by atoms with van der Waals surface area (Å²) in [5.74, 6) is 0.110. The minimum Gasteiger partial charge on any atom is -0.444 e. The smallest absolute Gasteiger partial charge is 0.407 e. The van der Waals surface area contributed by atoms with Crippen molar-refractivity contribution in [3.8, 4) is 0 Å². The Morgan fingerprint density at radius 1 is 1.45 bits per heavy atom. The van der Waals surface area contributed by atoms with E-state index in [0.717, 1.165) is 14.8 Å². The number of ether oxygens (including phenoxy) is 1. The second-order valence-corrected chi connectivity index (χ2v) is 7.64. The Labute approximate surface area is 144 Å². The van der Waals surface area contributed by atoms with E-state index in [-0.39, 0.29) is 11.8 Å². The van der Waals surface area contributed by atoms with Gasteiger partial charge in [0.25, 0.3) is 0 Å². The first-order valence-corrected chi connectivity index (χ1v) is 8.38. The zero-order chi connectivity index (χ0) is 16.3. The molecule has 1 aliphatic rings. The molecule has 0 spiro atoms. The summed E-state index contributed by atoms with van der Waals surface area (Å²) >= 11 is 2.25. The van der Waals surface area contributed by atoms with Crippen molar-refractivity contribution >= 4 is 40.3 Å². The van der Waals surface area contributed by atoms with Gasteiger partial charge in [-0.25, -0.2) is 4.79 Å². The highest BCUT2D eigenvalue weighted by Gasteiger charge is 2.24. The Morgan fingerprint density at radius 2 is 2.18 bits per heavy atom. The standard InChI is InChI=1S/C16H21IN2O3/c1-16(2,3)22-15(21)18-9-10-4-7-14(20)19-13-6-5-11(17)8-12(10)13/h5-6,8,10H,4,7,9H2,1-3H3,(H,18,21)(H,19,20). The quantitative estimate of drug-likeness (QED) is 0.724. The van der Waals surface area contributed by atoms with Crippen LogP contribution in [-0.4, -0.2) is 24.1 Å². The Kier molecular flexibility index (Phi) is 5.31. The molecule has 0 radical (unpaired) electrons. The molecule has 2 N–H and O–H groups in total. The molecule has 2 amide bonds. The van der Waals surface area contributed by atoms with Crippen LogP contribution in [0.15, 0.2) is 18.2 Å². The number of nitrogens with one attached hydrogen (secondary N) is 2. The Morgan fingerprint density at radius 3 is 2.86 bits per heavy atom. The van der Waals surface area contributed by atoms with Gasteiger partial charge in [0.05, 0.1) is 0 Å². The number of anilines is 1. The van der Waals surface area contributed by atoms with Gasteiger partial charge in [-0.05, 0) is 73.5 Å². The van der Waals surface area contributed by atoms with E-state index in [2.05, 4.69) is 39.3 Å². The van der Waals surface area contributed by atoms with Crippen molar-refractivity contribution in [2.45, 2.75) is 45.1 Å². The van der Waals surface area contributed by atoms with Gasteiger partial charge >= 0.3 is 6.09 Å². The number of rotatable bonds is 2. The summed E-state index contributed by atoms with van der Waals surface area (Å²) in [6.07, 6.45) is 0.726. The lowest BCUT2D eigenvalue weighted by Crippen LogP contribution is -2.34. The molecule has 1 aromatic rings. The SMILES string of the molecule is CC(C)(C)OC(=O)NCC1CCC(=O)Nc2ccc(I)cc21. The zero-order valence-electron chi connectivity index (χ0n) is 13.0. The van der Waals surface area contributed by atoms with Crippen LogP contribution in [0.5, 0.6) is 0 Å². The van der Waals surface area contributed by atoms with Crippen LogP contribution >= 0.6 is 22.6 Å². The third-order valence-corrected chi connectivity index (χ3v) is 4.01. The Balaban J connectivity index is 2.09. The molecule has 0 aromatic heterocycles. The number of carbonyl (C=O) groups excluding carboxylic acids is 2. The number of hydrogen-bond acceptors (Lipinski definition) is 3. The summed E-state index contributed by atoms with van der Waals surface area (Å²) in [6, 6.07) is 5.94. The van der Waals surface area contributed by atoms with E-state index in [1.807, 2.05) is 32.9 Å². The highest BCUT2D eigenvalue weighted by molar-refractivity contribution is 14.1. The maximum atomic E-state index is 11.8. The van der Waals surface area contributed by atoms with E-state index in [1.165, 1.54) is 0 Å². The number of amides is 2. The average Bonchev–Trinajstić information content (AvgIpc) is 2.53. The van der Waals surface area contributed by atoms with Gasteiger partial charge in [0.2, 0.25) is 5.91 Å². The average molecular weight is 416 g/mol. The fourth-order valence-corrected chi connectivity index (χ4v) is 2.91. The molecule has 0 saturated heterocycles. The molecule has 1 aliphatic heterocycles. The van der Waals surface area contributed by atoms with Crippen LogP contribution in [0.2, 0.25) is 0 Å². The maximum Gasteiger partial charge on any atom is 0.407 e. The van der Waals surface area contributed by atoms with Crippen molar-refractivity contribution in [2.24, 2.45) is 0 Å². The summed E-state index contributed by atoms with van der Waals surface area (Å²) in [7, 11) is 0. The van der Waals surface area contributed by atoms with Crippen molar-refractivity contribution in [1.29, 1.82) is 0 Å². The molecule has 1 atom stereocenters. The molecule has 0 bridgehead atoms. The topological polar surface area (TPSA) is 67.4 Å². The number of alkyl carbamates (subject to hydrolysis) is 1. The van der Waals surface area contributed by atoms with Crippen LogP contribution in [0.3, 0.4) is 0 Å². The van der Waals surface area contributed by atoms with Crippen molar-refractivity contribution in [1.82, 2.24) is 5.32 Å². The van der Waals surface area contributed by atoms with Crippen LogP contribution in [0.25, 0.3) is 0 Å². The van der Waals surface area contributed by atoms with E-state index in [4.69, 9.17) is 4.74 Å². The fraction of sp³-hybridized carbons (Fsp3) is 0.500. The van der Waals surface area contributed by atoms with Gasteiger partial charge in [-0.1, -0.05) is 0 Å². The van der Waals surface area contributed by atoms with Gasteiger partial charge in [-0.2, -0.15) is 0 Å². The predicted octanol–water partition coefficient (Wildman–Crippen LogP) is 3.63. The second-order valence-electron chi connectivity index (χ2n) is 6.40. The van der Waals surface area contributed by atoms with E-state index in [9.17, 15) is 9.59 Å². The molecule has 120 valence electrons. The van der Waals surface area contributed by atoms with E-state index in [0.29, 0.717) is 19.4 Å². The van der Waals surface area contributed by atoms with Gasteiger partial charge < -0.3 is 15.4 Å². The molecule has 22 heavy (non-hydrogen) atoms.